The predicted molar refractivity (Wildman–Crippen MR) is 96.9 cm³/mol. The first-order chi connectivity index (χ1) is 11.5. The molecule has 25 heavy (non-hydrogen) atoms. The molecule has 10 heteroatoms. The van der Waals surface area contributed by atoms with Crippen LogP contribution in [0.15, 0.2) is 18.2 Å². The van der Waals surface area contributed by atoms with Gasteiger partial charge in [0.05, 0.1) is 10.0 Å². The largest absolute Gasteiger partial charge is 0.337 e. The van der Waals surface area contributed by atoms with Crippen molar-refractivity contribution in [3.8, 4) is 0 Å². The monoisotopic (exact) mass is 407 g/mol. The van der Waals surface area contributed by atoms with Gasteiger partial charge in [-0.2, -0.15) is 12.7 Å². The van der Waals surface area contributed by atoms with Gasteiger partial charge in [-0.25, -0.2) is 9.10 Å². The maximum absolute atomic E-state index is 12.7. The van der Waals surface area contributed by atoms with Crippen LogP contribution in [0.1, 0.15) is 27.7 Å². The molecular formula is C15H19Cl2N3O4S. The van der Waals surface area contributed by atoms with Gasteiger partial charge in [0.1, 0.15) is 5.54 Å². The standard InChI is InChI=1S/C15H19Cl2N3O4S/c1-5-19-13(21)15(4,9(2)3)20(25(19,23)24)14(22)18-10-6-7-11(16)12(17)8-10/h6-9H,5H2,1-4H3,(H,18,22). The summed E-state index contributed by atoms with van der Waals surface area (Å²) in [5, 5.41) is 2.98. The van der Waals surface area contributed by atoms with Crippen LogP contribution in [0.2, 0.25) is 10.0 Å². The Kier molecular flexibility index (Phi) is 5.28. The molecule has 0 bridgehead atoms. The first-order valence-electron chi connectivity index (χ1n) is 7.61. The van der Waals surface area contributed by atoms with Crippen molar-refractivity contribution in [1.82, 2.24) is 8.61 Å². The van der Waals surface area contributed by atoms with Gasteiger partial charge >= 0.3 is 16.2 Å². The van der Waals surface area contributed by atoms with E-state index < -0.39 is 33.6 Å². The van der Waals surface area contributed by atoms with Crippen LogP contribution in [0.5, 0.6) is 0 Å². The Labute approximate surface area is 157 Å². The van der Waals surface area contributed by atoms with Gasteiger partial charge < -0.3 is 5.32 Å². The van der Waals surface area contributed by atoms with Crippen LogP contribution in [0.25, 0.3) is 0 Å². The van der Waals surface area contributed by atoms with Gasteiger partial charge in [0.2, 0.25) is 0 Å². The molecule has 1 aromatic carbocycles. The number of carbonyl (C=O) groups is 2. The summed E-state index contributed by atoms with van der Waals surface area (Å²) < 4.78 is 26.8. The molecule has 1 heterocycles. The lowest BCUT2D eigenvalue weighted by Gasteiger charge is -2.33. The van der Waals surface area contributed by atoms with Gasteiger partial charge in [-0.3, -0.25) is 4.79 Å². The van der Waals surface area contributed by atoms with Gasteiger partial charge in [0.15, 0.2) is 0 Å². The molecule has 0 aliphatic carbocycles. The number of carbonyl (C=O) groups excluding carboxylic acids is 2. The summed E-state index contributed by atoms with van der Waals surface area (Å²) in [5.74, 6) is -1.06. The predicted octanol–water partition coefficient (Wildman–Crippen LogP) is 3.35. The fourth-order valence-corrected chi connectivity index (χ4v) is 4.87. The Morgan fingerprint density at radius 3 is 2.36 bits per heavy atom. The number of rotatable bonds is 3. The third-order valence-electron chi connectivity index (χ3n) is 4.36. The molecule has 1 saturated heterocycles. The van der Waals surface area contributed by atoms with Crippen LogP contribution in [-0.2, 0) is 15.0 Å². The fraction of sp³-hybridized carbons (Fsp3) is 0.467. The van der Waals surface area contributed by atoms with E-state index in [1.807, 2.05) is 0 Å². The number of amides is 3. The Morgan fingerprint density at radius 1 is 1.28 bits per heavy atom. The lowest BCUT2D eigenvalue weighted by molar-refractivity contribution is -0.133. The van der Waals surface area contributed by atoms with Crippen molar-refractivity contribution in [2.45, 2.75) is 33.2 Å². The summed E-state index contributed by atoms with van der Waals surface area (Å²) in [6, 6.07) is 3.43. The minimum absolute atomic E-state index is 0.0555. The normalized spacial score (nSPS) is 22.6. The quantitative estimate of drug-likeness (QED) is 0.831. The number of hydrogen-bond acceptors (Lipinski definition) is 4. The maximum Gasteiger partial charge on any atom is 0.337 e. The molecule has 0 spiro atoms. The maximum atomic E-state index is 12.7. The van der Waals surface area contributed by atoms with Crippen LogP contribution < -0.4 is 5.32 Å². The molecule has 7 nitrogen and oxygen atoms in total. The average molecular weight is 408 g/mol. The Hall–Kier alpha value is -1.51. The highest BCUT2D eigenvalue weighted by Gasteiger charge is 2.61. The number of nitrogens with one attached hydrogen (secondary N) is 1. The van der Waals surface area contributed by atoms with Crippen molar-refractivity contribution in [3.63, 3.8) is 0 Å². The zero-order valence-electron chi connectivity index (χ0n) is 14.2. The highest BCUT2D eigenvalue weighted by Crippen LogP contribution is 2.38. The SMILES string of the molecule is CCN1C(=O)C(C)(C(C)C)N(C(=O)Nc2ccc(Cl)c(Cl)c2)S1(=O)=O. The summed E-state index contributed by atoms with van der Waals surface area (Å²) in [6.07, 6.45) is 0. The minimum Gasteiger partial charge on any atom is -0.307 e. The molecule has 1 atom stereocenters. The number of nitrogens with zero attached hydrogens (tertiary/aromatic N) is 2. The van der Waals surface area contributed by atoms with Crippen molar-refractivity contribution >= 4 is 51.0 Å². The molecule has 1 aliphatic heterocycles. The molecule has 0 aromatic heterocycles. The molecule has 2 rings (SSSR count). The van der Waals surface area contributed by atoms with E-state index in [9.17, 15) is 18.0 Å². The zero-order valence-corrected chi connectivity index (χ0v) is 16.5. The third-order valence-corrected chi connectivity index (χ3v) is 7.08. The highest BCUT2D eigenvalue weighted by atomic mass is 35.5. The van der Waals surface area contributed by atoms with E-state index in [4.69, 9.17) is 23.2 Å². The van der Waals surface area contributed by atoms with Crippen LogP contribution in [0, 0.1) is 5.92 Å². The summed E-state index contributed by atoms with van der Waals surface area (Å²) in [6.45, 7) is 6.30. The Bertz CT molecular complexity index is 828. The Morgan fingerprint density at radius 2 is 1.88 bits per heavy atom. The molecule has 1 N–H and O–H groups in total. The van der Waals surface area contributed by atoms with E-state index in [0.717, 1.165) is 0 Å². The van der Waals surface area contributed by atoms with Crippen LogP contribution in [-0.4, -0.2) is 41.1 Å². The van der Waals surface area contributed by atoms with Crippen LogP contribution in [0.3, 0.4) is 0 Å². The number of hydrogen-bond donors (Lipinski definition) is 1. The number of urea groups is 1. The molecule has 1 aliphatic rings. The molecule has 1 fully saturated rings. The van der Waals surface area contributed by atoms with E-state index in [2.05, 4.69) is 5.32 Å². The molecule has 138 valence electrons. The van der Waals surface area contributed by atoms with E-state index in [0.29, 0.717) is 13.6 Å². The molecule has 1 unspecified atom stereocenters. The second-order valence-electron chi connectivity index (χ2n) is 6.10. The van der Waals surface area contributed by atoms with Crippen molar-refractivity contribution < 1.29 is 18.0 Å². The zero-order chi connectivity index (χ0) is 19.2. The van der Waals surface area contributed by atoms with E-state index in [1.165, 1.54) is 32.0 Å². The van der Waals surface area contributed by atoms with Crippen molar-refractivity contribution in [2.75, 3.05) is 11.9 Å². The minimum atomic E-state index is -4.27. The first kappa shape index (κ1) is 19.8. The van der Waals surface area contributed by atoms with Crippen molar-refractivity contribution in [1.29, 1.82) is 0 Å². The van der Waals surface area contributed by atoms with E-state index in [-0.39, 0.29) is 17.3 Å². The van der Waals surface area contributed by atoms with E-state index in [1.54, 1.807) is 13.8 Å². The summed E-state index contributed by atoms with van der Waals surface area (Å²) in [4.78, 5) is 25.4. The molecule has 1 aromatic rings. The van der Waals surface area contributed by atoms with Gasteiger partial charge in [-0.05, 0) is 38.0 Å². The van der Waals surface area contributed by atoms with Crippen molar-refractivity contribution in [3.05, 3.63) is 28.2 Å². The van der Waals surface area contributed by atoms with Gasteiger partial charge in [-0.15, -0.1) is 0 Å². The number of benzene rings is 1. The smallest absolute Gasteiger partial charge is 0.307 e. The van der Waals surface area contributed by atoms with Crippen molar-refractivity contribution in [2.24, 2.45) is 5.92 Å². The molecular weight excluding hydrogens is 389 g/mol. The number of halogens is 2. The lowest BCUT2D eigenvalue weighted by Crippen LogP contribution is -2.55. The molecule has 0 saturated carbocycles. The Balaban J connectivity index is 2.47. The van der Waals surface area contributed by atoms with E-state index >= 15 is 0 Å². The second kappa shape index (κ2) is 6.66. The second-order valence-corrected chi connectivity index (χ2v) is 8.62. The number of anilines is 1. The van der Waals surface area contributed by atoms with Crippen LogP contribution >= 0.6 is 23.2 Å². The fourth-order valence-electron chi connectivity index (χ4n) is 2.63. The summed E-state index contributed by atoms with van der Waals surface area (Å²) in [5.41, 5.74) is -1.25. The van der Waals surface area contributed by atoms with Gasteiger partial charge in [0, 0.05) is 12.2 Å². The van der Waals surface area contributed by atoms with Gasteiger partial charge in [-0.1, -0.05) is 37.0 Å². The molecule has 3 amide bonds. The molecule has 0 radical (unpaired) electrons. The first-order valence-corrected chi connectivity index (χ1v) is 9.76. The van der Waals surface area contributed by atoms with Gasteiger partial charge in [0.25, 0.3) is 5.91 Å². The third kappa shape index (κ3) is 3.07. The topological polar surface area (TPSA) is 86.8 Å². The lowest BCUT2D eigenvalue weighted by atomic mass is 9.87. The average Bonchev–Trinajstić information content (AvgIpc) is 2.66. The number of likely N-dealkylation sites (N-methyl/N-ethyl adjacent to an activating group) is 1. The highest BCUT2D eigenvalue weighted by molar-refractivity contribution is 7.88. The summed E-state index contributed by atoms with van der Waals surface area (Å²) in [7, 11) is -4.27. The summed E-state index contributed by atoms with van der Waals surface area (Å²) >= 11 is 11.7. The van der Waals surface area contributed by atoms with Crippen LogP contribution in [0.4, 0.5) is 10.5 Å².